The van der Waals surface area contributed by atoms with Gasteiger partial charge in [-0.05, 0) is 25.0 Å². The highest BCUT2D eigenvalue weighted by atomic mass is 16.1. The predicted octanol–water partition coefficient (Wildman–Crippen LogP) is 3.57. The maximum absolute atomic E-state index is 11.1. The highest BCUT2D eigenvalue weighted by Crippen LogP contribution is 2.21. The van der Waals surface area contributed by atoms with Gasteiger partial charge in [-0.25, -0.2) is 4.79 Å². The maximum Gasteiger partial charge on any atom is 0.133 e. The van der Waals surface area contributed by atoms with Crippen LogP contribution in [0.3, 0.4) is 0 Å². The summed E-state index contributed by atoms with van der Waals surface area (Å²) in [7, 11) is 0. The Hall–Kier alpha value is -2.11. The van der Waals surface area contributed by atoms with Gasteiger partial charge in [0.2, 0.25) is 0 Å². The second-order valence-corrected chi connectivity index (χ2v) is 4.21. The summed E-state index contributed by atoms with van der Waals surface area (Å²) >= 11 is 0. The van der Waals surface area contributed by atoms with Crippen molar-refractivity contribution in [2.75, 3.05) is 0 Å². The zero-order valence-corrected chi connectivity index (χ0v) is 10.0. The van der Waals surface area contributed by atoms with Crippen molar-refractivity contribution in [2.24, 2.45) is 0 Å². The fraction of sp³-hybridized carbons (Fsp3) is 0.125. The standard InChI is InChI=1S/C16H14O/c1-12-3-7-14(8-4-12)16(11-17)15-9-5-13(2)6-10-15/h3-10H,1-2H3. The molecule has 2 aromatic carbocycles. The van der Waals surface area contributed by atoms with Gasteiger partial charge in [0.05, 0.1) is 5.57 Å². The maximum atomic E-state index is 11.1. The molecule has 2 aromatic rings. The Morgan fingerprint density at radius 2 is 1.12 bits per heavy atom. The first-order valence-corrected chi connectivity index (χ1v) is 5.60. The van der Waals surface area contributed by atoms with Crippen molar-refractivity contribution < 1.29 is 4.79 Å². The van der Waals surface area contributed by atoms with Crippen LogP contribution in [0.2, 0.25) is 0 Å². The van der Waals surface area contributed by atoms with Crippen LogP contribution in [-0.4, -0.2) is 5.94 Å². The molecule has 0 N–H and O–H groups in total. The van der Waals surface area contributed by atoms with Crippen LogP contribution in [0.1, 0.15) is 22.3 Å². The smallest absolute Gasteiger partial charge is 0.133 e. The van der Waals surface area contributed by atoms with E-state index in [0.29, 0.717) is 5.57 Å². The Morgan fingerprint density at radius 1 is 0.765 bits per heavy atom. The molecule has 0 radical (unpaired) electrons. The van der Waals surface area contributed by atoms with E-state index in [1.54, 1.807) is 0 Å². The van der Waals surface area contributed by atoms with Gasteiger partial charge >= 0.3 is 0 Å². The van der Waals surface area contributed by atoms with Crippen LogP contribution >= 0.6 is 0 Å². The van der Waals surface area contributed by atoms with E-state index in [4.69, 9.17) is 0 Å². The first-order valence-electron chi connectivity index (χ1n) is 5.60. The van der Waals surface area contributed by atoms with Crippen LogP contribution in [0.5, 0.6) is 0 Å². The van der Waals surface area contributed by atoms with Crippen molar-refractivity contribution in [3.63, 3.8) is 0 Å². The van der Waals surface area contributed by atoms with Crippen molar-refractivity contribution in [3.8, 4) is 0 Å². The predicted molar refractivity (Wildman–Crippen MR) is 70.6 cm³/mol. The van der Waals surface area contributed by atoms with Gasteiger partial charge in [-0.1, -0.05) is 59.7 Å². The molecule has 2 rings (SSSR count). The fourth-order valence-electron chi connectivity index (χ4n) is 1.72. The second kappa shape index (κ2) is 4.82. The Balaban J connectivity index is 2.44. The number of hydrogen-bond acceptors (Lipinski definition) is 1. The minimum atomic E-state index is 0.616. The third kappa shape index (κ3) is 2.52. The zero-order valence-electron chi connectivity index (χ0n) is 10.0. The van der Waals surface area contributed by atoms with Gasteiger partial charge in [-0.2, -0.15) is 0 Å². The summed E-state index contributed by atoms with van der Waals surface area (Å²) in [6, 6.07) is 15.8. The van der Waals surface area contributed by atoms with E-state index in [0.717, 1.165) is 11.1 Å². The van der Waals surface area contributed by atoms with Crippen molar-refractivity contribution in [2.45, 2.75) is 13.8 Å². The molecule has 0 amide bonds. The van der Waals surface area contributed by atoms with Crippen LogP contribution in [-0.2, 0) is 4.79 Å². The summed E-state index contributed by atoms with van der Waals surface area (Å²) in [5.41, 5.74) is 4.81. The van der Waals surface area contributed by atoms with Gasteiger partial charge < -0.3 is 0 Å². The Morgan fingerprint density at radius 3 is 1.41 bits per heavy atom. The van der Waals surface area contributed by atoms with Gasteiger partial charge in [0.15, 0.2) is 0 Å². The van der Waals surface area contributed by atoms with Crippen molar-refractivity contribution in [1.82, 2.24) is 0 Å². The Kier molecular flexibility index (Phi) is 3.22. The fourth-order valence-corrected chi connectivity index (χ4v) is 1.72. The van der Waals surface area contributed by atoms with Crippen LogP contribution < -0.4 is 0 Å². The first kappa shape index (κ1) is 11.4. The van der Waals surface area contributed by atoms with E-state index in [2.05, 4.69) is 0 Å². The van der Waals surface area contributed by atoms with E-state index in [-0.39, 0.29) is 0 Å². The van der Waals surface area contributed by atoms with Gasteiger partial charge in [0, 0.05) is 0 Å². The first-order chi connectivity index (χ1) is 8.20. The van der Waals surface area contributed by atoms with Gasteiger partial charge in [-0.15, -0.1) is 0 Å². The quantitative estimate of drug-likeness (QED) is 0.710. The zero-order chi connectivity index (χ0) is 12.3. The topological polar surface area (TPSA) is 17.1 Å². The molecule has 1 nitrogen and oxygen atoms in total. The molecule has 0 heterocycles. The van der Waals surface area contributed by atoms with E-state index < -0.39 is 0 Å². The average Bonchev–Trinajstić information content (AvgIpc) is 2.35. The minimum Gasteiger partial charge on any atom is -0.233 e. The number of hydrogen-bond donors (Lipinski definition) is 0. The molecule has 0 fully saturated rings. The van der Waals surface area contributed by atoms with Crippen LogP contribution in [0.25, 0.3) is 5.57 Å². The van der Waals surface area contributed by atoms with Crippen LogP contribution in [0.4, 0.5) is 0 Å². The molecule has 84 valence electrons. The average molecular weight is 222 g/mol. The third-order valence-corrected chi connectivity index (χ3v) is 2.78. The van der Waals surface area contributed by atoms with Crippen molar-refractivity contribution in [1.29, 1.82) is 0 Å². The number of carbonyl (C=O) groups excluding carboxylic acids is 1. The molecule has 0 unspecified atom stereocenters. The van der Waals surface area contributed by atoms with E-state index in [1.807, 2.05) is 68.3 Å². The summed E-state index contributed by atoms with van der Waals surface area (Å²) in [4.78, 5) is 11.1. The normalized spacial score (nSPS) is 9.76. The summed E-state index contributed by atoms with van der Waals surface area (Å²) in [6.45, 7) is 4.06. The molecule has 0 spiro atoms. The number of rotatable bonds is 2. The van der Waals surface area contributed by atoms with Gasteiger partial charge in [0.1, 0.15) is 5.94 Å². The molecule has 1 heteroatoms. The highest BCUT2D eigenvalue weighted by Gasteiger charge is 2.05. The second-order valence-electron chi connectivity index (χ2n) is 4.21. The summed E-state index contributed by atoms with van der Waals surface area (Å²) in [5, 5.41) is 0. The lowest BCUT2D eigenvalue weighted by atomic mass is 9.98. The van der Waals surface area contributed by atoms with E-state index >= 15 is 0 Å². The van der Waals surface area contributed by atoms with E-state index in [9.17, 15) is 4.79 Å². The number of aryl methyl sites for hydroxylation is 2. The summed E-state index contributed by atoms with van der Waals surface area (Å²) in [5.74, 6) is 2.04. The molecule has 0 saturated carbocycles. The molecule has 0 aliphatic carbocycles. The van der Waals surface area contributed by atoms with Gasteiger partial charge in [-0.3, -0.25) is 0 Å². The lowest BCUT2D eigenvalue weighted by molar-refractivity contribution is 0.569. The largest absolute Gasteiger partial charge is 0.233 e. The monoisotopic (exact) mass is 222 g/mol. The molecule has 0 aliphatic heterocycles. The van der Waals surface area contributed by atoms with Gasteiger partial charge in [0.25, 0.3) is 0 Å². The molecule has 0 bridgehead atoms. The number of benzene rings is 2. The Labute approximate surface area is 101 Å². The van der Waals surface area contributed by atoms with Crippen molar-refractivity contribution >= 4 is 11.5 Å². The summed E-state index contributed by atoms with van der Waals surface area (Å²) in [6.07, 6.45) is 0. The molecular weight excluding hydrogens is 208 g/mol. The van der Waals surface area contributed by atoms with Crippen molar-refractivity contribution in [3.05, 3.63) is 70.8 Å². The lowest BCUT2D eigenvalue weighted by Crippen LogP contribution is -1.89. The minimum absolute atomic E-state index is 0.616. The third-order valence-electron chi connectivity index (χ3n) is 2.78. The summed E-state index contributed by atoms with van der Waals surface area (Å²) < 4.78 is 0. The SMILES string of the molecule is Cc1ccc(C(=C=O)c2ccc(C)cc2)cc1. The lowest BCUT2D eigenvalue weighted by Gasteiger charge is -2.05. The van der Waals surface area contributed by atoms with Crippen LogP contribution in [0.15, 0.2) is 48.5 Å². The molecule has 0 aliphatic rings. The molecular formula is C16H14O. The molecule has 17 heavy (non-hydrogen) atoms. The van der Waals surface area contributed by atoms with E-state index in [1.165, 1.54) is 11.1 Å². The van der Waals surface area contributed by atoms with Crippen LogP contribution in [0, 0.1) is 13.8 Å². The highest BCUT2D eigenvalue weighted by molar-refractivity contribution is 5.96. The molecule has 0 saturated heterocycles. The molecule has 0 atom stereocenters. The Bertz CT molecular complexity index is 508. The molecule has 0 aromatic heterocycles.